The number of amides is 2. The molecule has 0 spiro atoms. The minimum Gasteiger partial charge on any atom is -0.378 e. The summed E-state index contributed by atoms with van der Waals surface area (Å²) in [6.45, 7) is 12.1. The smallest absolute Gasteiger partial charge is 0.251 e. The third-order valence-electron chi connectivity index (χ3n) is 5.39. The highest BCUT2D eigenvalue weighted by Gasteiger charge is 2.62. The quantitative estimate of drug-likeness (QED) is 0.726. The Labute approximate surface area is 155 Å². The van der Waals surface area contributed by atoms with Gasteiger partial charge in [-0.2, -0.15) is 0 Å². The molecule has 2 atom stereocenters. The molecule has 6 heteroatoms. The summed E-state index contributed by atoms with van der Waals surface area (Å²) in [6.07, 6.45) is 0.445. The van der Waals surface area contributed by atoms with Crippen molar-refractivity contribution in [3.05, 3.63) is 29.3 Å². The van der Waals surface area contributed by atoms with Gasteiger partial charge in [0, 0.05) is 35.7 Å². The number of benzene rings is 1. The van der Waals surface area contributed by atoms with Crippen molar-refractivity contribution >= 4 is 17.5 Å². The Morgan fingerprint density at radius 1 is 1.35 bits per heavy atom. The first-order chi connectivity index (χ1) is 12.0. The fourth-order valence-electron chi connectivity index (χ4n) is 3.35. The Morgan fingerprint density at radius 2 is 2.00 bits per heavy atom. The molecule has 4 N–H and O–H groups in total. The molecule has 0 saturated heterocycles. The van der Waals surface area contributed by atoms with Gasteiger partial charge in [0.05, 0.1) is 6.10 Å². The van der Waals surface area contributed by atoms with Crippen molar-refractivity contribution < 1.29 is 14.3 Å². The number of hydrogen-bond donors (Lipinski definition) is 3. The van der Waals surface area contributed by atoms with E-state index in [0.717, 1.165) is 5.56 Å². The molecule has 1 aliphatic rings. The second kappa shape index (κ2) is 7.37. The summed E-state index contributed by atoms with van der Waals surface area (Å²) in [7, 11) is 0. The van der Waals surface area contributed by atoms with Gasteiger partial charge < -0.3 is 21.1 Å². The molecular formula is C20H31N3O3. The topological polar surface area (TPSA) is 93.4 Å². The van der Waals surface area contributed by atoms with E-state index in [-0.39, 0.29) is 24.0 Å². The van der Waals surface area contributed by atoms with E-state index in [1.807, 2.05) is 47.6 Å². The molecule has 2 rings (SSSR count). The van der Waals surface area contributed by atoms with E-state index < -0.39 is 11.0 Å². The highest BCUT2D eigenvalue weighted by molar-refractivity contribution is 6.02. The lowest BCUT2D eigenvalue weighted by molar-refractivity contribution is -0.166. The highest BCUT2D eigenvalue weighted by atomic mass is 16.5. The molecule has 0 radical (unpaired) electrons. The average molecular weight is 361 g/mol. The van der Waals surface area contributed by atoms with E-state index in [1.54, 1.807) is 12.1 Å². The molecule has 0 heterocycles. The molecule has 0 aromatic heterocycles. The molecule has 2 unspecified atom stereocenters. The molecule has 1 aromatic carbocycles. The summed E-state index contributed by atoms with van der Waals surface area (Å²) in [5.41, 5.74) is 6.91. The molecule has 144 valence electrons. The van der Waals surface area contributed by atoms with Crippen LogP contribution in [-0.4, -0.2) is 36.1 Å². The predicted octanol–water partition coefficient (Wildman–Crippen LogP) is 2.60. The lowest BCUT2D eigenvalue weighted by Crippen LogP contribution is -2.74. The number of nitrogens with two attached hydrogens (primary N) is 1. The molecule has 1 saturated carbocycles. The van der Waals surface area contributed by atoms with Gasteiger partial charge in [0.15, 0.2) is 0 Å². The number of anilines is 1. The molecule has 2 amide bonds. The van der Waals surface area contributed by atoms with Crippen LogP contribution in [0, 0.1) is 12.3 Å². The van der Waals surface area contributed by atoms with Crippen LogP contribution < -0.4 is 16.4 Å². The number of hydrogen-bond acceptors (Lipinski definition) is 4. The Hall–Kier alpha value is -1.92. The number of carbonyl (C=O) groups excluding carboxylic acids is 2. The highest BCUT2D eigenvalue weighted by Crippen LogP contribution is 2.50. The summed E-state index contributed by atoms with van der Waals surface area (Å²) >= 11 is 0. The standard InChI is InChI=1S/C20H31N3O3/c1-7-26-16-11-20(21,19(16,5)6)18(25)23-14-9-8-13(4)15(10-14)17(24)22-12(2)3/h8-10,12,16H,7,11,21H2,1-6H3,(H,22,24)(H,23,25). The van der Waals surface area contributed by atoms with Crippen molar-refractivity contribution in [2.75, 3.05) is 11.9 Å². The van der Waals surface area contributed by atoms with E-state index >= 15 is 0 Å². The SMILES string of the molecule is CCOC1CC(N)(C(=O)Nc2ccc(C)c(C(=O)NC(C)C)c2)C1(C)C. The van der Waals surface area contributed by atoms with Crippen LogP contribution in [0.5, 0.6) is 0 Å². The van der Waals surface area contributed by atoms with Gasteiger partial charge in [-0.1, -0.05) is 19.9 Å². The van der Waals surface area contributed by atoms with Crippen molar-refractivity contribution in [2.45, 2.75) is 65.6 Å². The maximum Gasteiger partial charge on any atom is 0.251 e. The van der Waals surface area contributed by atoms with Crippen LogP contribution in [0.4, 0.5) is 5.69 Å². The van der Waals surface area contributed by atoms with Gasteiger partial charge in [-0.05, 0) is 45.4 Å². The van der Waals surface area contributed by atoms with Gasteiger partial charge >= 0.3 is 0 Å². The van der Waals surface area contributed by atoms with Crippen molar-refractivity contribution in [3.63, 3.8) is 0 Å². The second-order valence-corrected chi connectivity index (χ2v) is 7.95. The second-order valence-electron chi connectivity index (χ2n) is 7.95. The van der Waals surface area contributed by atoms with Gasteiger partial charge in [-0.15, -0.1) is 0 Å². The average Bonchev–Trinajstić information content (AvgIpc) is 2.55. The van der Waals surface area contributed by atoms with Gasteiger partial charge in [0.25, 0.3) is 5.91 Å². The van der Waals surface area contributed by atoms with Crippen LogP contribution in [0.15, 0.2) is 18.2 Å². The fraction of sp³-hybridized carbons (Fsp3) is 0.600. The lowest BCUT2D eigenvalue weighted by atomic mass is 9.54. The van der Waals surface area contributed by atoms with E-state index in [1.165, 1.54) is 0 Å². The minimum atomic E-state index is -1.00. The van der Waals surface area contributed by atoms with Crippen molar-refractivity contribution in [1.82, 2.24) is 5.32 Å². The van der Waals surface area contributed by atoms with Crippen molar-refractivity contribution in [2.24, 2.45) is 11.1 Å². The van der Waals surface area contributed by atoms with Gasteiger partial charge in [-0.3, -0.25) is 9.59 Å². The molecule has 0 aliphatic heterocycles. The Kier molecular flexibility index (Phi) is 5.78. The number of ether oxygens (including phenoxy) is 1. The van der Waals surface area contributed by atoms with E-state index in [2.05, 4.69) is 10.6 Å². The Balaban J connectivity index is 2.16. The van der Waals surface area contributed by atoms with Crippen molar-refractivity contribution in [3.8, 4) is 0 Å². The monoisotopic (exact) mass is 361 g/mol. The Morgan fingerprint density at radius 3 is 2.54 bits per heavy atom. The first-order valence-corrected chi connectivity index (χ1v) is 9.16. The summed E-state index contributed by atoms with van der Waals surface area (Å²) < 4.78 is 5.68. The van der Waals surface area contributed by atoms with Crippen LogP contribution >= 0.6 is 0 Å². The minimum absolute atomic E-state index is 0.0337. The molecule has 1 fully saturated rings. The van der Waals surface area contributed by atoms with Gasteiger partial charge in [-0.25, -0.2) is 0 Å². The fourth-order valence-corrected chi connectivity index (χ4v) is 3.35. The first kappa shape index (κ1) is 20.4. The zero-order valence-corrected chi connectivity index (χ0v) is 16.6. The van der Waals surface area contributed by atoms with E-state index in [4.69, 9.17) is 10.5 Å². The van der Waals surface area contributed by atoms with Gasteiger partial charge in [0.1, 0.15) is 5.54 Å². The molecule has 26 heavy (non-hydrogen) atoms. The third-order valence-corrected chi connectivity index (χ3v) is 5.39. The number of aryl methyl sites for hydroxylation is 1. The summed E-state index contributed by atoms with van der Waals surface area (Å²) in [6, 6.07) is 5.34. The molecule has 1 aliphatic carbocycles. The van der Waals surface area contributed by atoms with Crippen LogP contribution in [0.3, 0.4) is 0 Å². The largest absolute Gasteiger partial charge is 0.378 e. The normalized spacial score (nSPS) is 24.1. The van der Waals surface area contributed by atoms with E-state index in [9.17, 15) is 9.59 Å². The Bertz CT molecular complexity index is 700. The first-order valence-electron chi connectivity index (χ1n) is 9.16. The number of carbonyl (C=O) groups is 2. The summed E-state index contributed by atoms with van der Waals surface area (Å²) in [5, 5.41) is 5.75. The van der Waals surface area contributed by atoms with Gasteiger partial charge in [0.2, 0.25) is 5.91 Å². The maximum atomic E-state index is 12.8. The van der Waals surface area contributed by atoms with E-state index in [0.29, 0.717) is 24.3 Å². The number of rotatable bonds is 6. The summed E-state index contributed by atoms with van der Waals surface area (Å²) in [5.74, 6) is -0.408. The third kappa shape index (κ3) is 3.62. The van der Waals surface area contributed by atoms with Crippen molar-refractivity contribution in [1.29, 1.82) is 0 Å². The van der Waals surface area contributed by atoms with Crippen LogP contribution in [0.25, 0.3) is 0 Å². The molecular weight excluding hydrogens is 330 g/mol. The van der Waals surface area contributed by atoms with Crippen LogP contribution in [0.2, 0.25) is 0 Å². The predicted molar refractivity (Wildman–Crippen MR) is 103 cm³/mol. The molecule has 6 nitrogen and oxygen atoms in total. The lowest BCUT2D eigenvalue weighted by Gasteiger charge is -2.57. The maximum absolute atomic E-state index is 12.8. The number of nitrogens with one attached hydrogen (secondary N) is 2. The molecule has 1 aromatic rings. The zero-order valence-electron chi connectivity index (χ0n) is 16.6. The van der Waals surface area contributed by atoms with Crippen LogP contribution in [0.1, 0.15) is 57.0 Å². The molecule has 0 bridgehead atoms. The zero-order chi connectivity index (χ0) is 19.7. The van der Waals surface area contributed by atoms with Crippen LogP contribution in [-0.2, 0) is 9.53 Å². The summed E-state index contributed by atoms with van der Waals surface area (Å²) in [4.78, 5) is 25.2.